The summed E-state index contributed by atoms with van der Waals surface area (Å²) < 4.78 is 83.6. The second kappa shape index (κ2) is 18.4. The van der Waals surface area contributed by atoms with Crippen molar-refractivity contribution in [3.63, 3.8) is 0 Å². The minimum Gasteiger partial charge on any atom is -0.378 e. The van der Waals surface area contributed by atoms with Crippen LogP contribution < -0.4 is 31.1 Å². The lowest BCUT2D eigenvalue weighted by molar-refractivity contribution is 0.122. The van der Waals surface area contributed by atoms with E-state index in [-0.39, 0.29) is 52.2 Å². The van der Waals surface area contributed by atoms with Gasteiger partial charge < -0.3 is 40.5 Å². The van der Waals surface area contributed by atoms with Crippen molar-refractivity contribution >= 4 is 90.8 Å². The Labute approximate surface area is 356 Å². The molecule has 320 valence electrons. The Balaban J connectivity index is 1.28. The zero-order valence-electron chi connectivity index (χ0n) is 32.8. The molecule has 6 N–H and O–H groups in total. The van der Waals surface area contributed by atoms with Gasteiger partial charge in [-0.15, -0.1) is 0 Å². The van der Waals surface area contributed by atoms with Crippen LogP contribution in [0.25, 0.3) is 12.2 Å². The smallest absolute Gasteiger partial charge is 0.297 e. The highest BCUT2D eigenvalue weighted by molar-refractivity contribution is 7.86. The van der Waals surface area contributed by atoms with Gasteiger partial charge in [0.1, 0.15) is 9.79 Å². The molecule has 0 radical (unpaired) electrons. The van der Waals surface area contributed by atoms with E-state index in [9.17, 15) is 25.9 Å². The lowest BCUT2D eigenvalue weighted by atomic mass is 10.1. The minimum absolute atomic E-state index is 0.00529. The molecule has 0 unspecified atom stereocenters. The fraction of sp³-hybridized carbons (Fsp3) is 0.200. The highest BCUT2D eigenvalue weighted by Gasteiger charge is 2.27. The van der Waals surface area contributed by atoms with Crippen LogP contribution in [-0.4, -0.2) is 108 Å². The van der Waals surface area contributed by atoms with E-state index in [1.54, 1.807) is 6.07 Å². The van der Waals surface area contributed by atoms with Crippen molar-refractivity contribution in [1.29, 1.82) is 0 Å². The summed E-state index contributed by atoms with van der Waals surface area (Å²) in [5.74, 6) is 0.776. The van der Waals surface area contributed by atoms with E-state index in [4.69, 9.17) is 14.5 Å². The van der Waals surface area contributed by atoms with Crippen LogP contribution in [0.4, 0.5) is 58.4 Å². The lowest BCUT2D eigenvalue weighted by Gasteiger charge is -2.27. The van der Waals surface area contributed by atoms with Crippen LogP contribution >= 0.6 is 0 Å². The monoisotopic (exact) mass is 880 g/mol. The van der Waals surface area contributed by atoms with Gasteiger partial charge in [-0.3, -0.25) is 9.11 Å². The van der Waals surface area contributed by atoms with E-state index in [1.807, 2.05) is 70.5 Å². The van der Waals surface area contributed by atoms with Gasteiger partial charge in [-0.2, -0.15) is 46.7 Å². The van der Waals surface area contributed by atoms with Crippen LogP contribution in [0.15, 0.2) is 107 Å². The summed E-state index contributed by atoms with van der Waals surface area (Å²) in [6, 6.07) is 26.9. The van der Waals surface area contributed by atoms with E-state index < -0.39 is 30.0 Å². The van der Waals surface area contributed by atoms with Gasteiger partial charge in [0.25, 0.3) is 20.2 Å². The second-order valence-electron chi connectivity index (χ2n) is 13.7. The van der Waals surface area contributed by atoms with Gasteiger partial charge in [0, 0.05) is 37.6 Å². The fourth-order valence-corrected chi connectivity index (χ4v) is 8.10. The third-order valence-corrected chi connectivity index (χ3v) is 11.3. The van der Waals surface area contributed by atoms with Crippen LogP contribution in [0, 0.1) is 0 Å². The predicted molar refractivity (Wildman–Crippen MR) is 233 cm³/mol. The average molecular weight is 881 g/mol. The van der Waals surface area contributed by atoms with Crippen molar-refractivity contribution in [2.75, 3.05) is 83.7 Å². The van der Waals surface area contributed by atoms with Crippen LogP contribution in [0.3, 0.4) is 0 Å². The molecule has 4 heterocycles. The van der Waals surface area contributed by atoms with E-state index in [0.29, 0.717) is 69.9 Å². The number of nitrogens with zero attached hydrogens (tertiary/aromatic N) is 8. The molecule has 4 aromatic carbocycles. The summed E-state index contributed by atoms with van der Waals surface area (Å²) in [6.45, 7) is 3.67. The molecule has 22 heteroatoms. The fourth-order valence-electron chi connectivity index (χ4n) is 6.56. The molecule has 2 aliphatic rings. The number of hydrogen-bond donors (Lipinski definition) is 6. The molecule has 0 amide bonds. The van der Waals surface area contributed by atoms with E-state index >= 15 is 0 Å². The van der Waals surface area contributed by atoms with E-state index in [1.165, 1.54) is 42.5 Å². The predicted octanol–water partition coefficient (Wildman–Crippen LogP) is 5.37. The van der Waals surface area contributed by atoms with Gasteiger partial charge in [0.15, 0.2) is 0 Å². The Morgan fingerprint density at radius 2 is 0.952 bits per heavy atom. The first-order valence-corrected chi connectivity index (χ1v) is 22.1. The maximum absolute atomic E-state index is 13.6. The van der Waals surface area contributed by atoms with Crippen molar-refractivity contribution in [3.8, 4) is 0 Å². The number of aromatic nitrogens is 6. The molecule has 20 nitrogen and oxygen atoms in total. The van der Waals surface area contributed by atoms with Gasteiger partial charge in [-0.1, -0.05) is 72.8 Å². The first kappa shape index (κ1) is 41.9. The minimum atomic E-state index is -5.13. The molecular weight excluding hydrogens is 841 g/mol. The third-order valence-electron chi connectivity index (χ3n) is 9.46. The largest absolute Gasteiger partial charge is 0.378 e. The molecular formula is C40H40N12O8S2. The van der Waals surface area contributed by atoms with Crippen molar-refractivity contribution in [1.82, 2.24) is 29.9 Å². The SMILES string of the molecule is O=S(=O)(O)c1ccccc1C=Cc1ccc(Nc2nc(Nc3ccccc3)nc(N3CCOCC3)n2)c(Nc2nc(Nc3ccccc3)nc(N3CCOCC3)n2)c1S(=O)(=O)O. The van der Waals surface area contributed by atoms with Crippen molar-refractivity contribution in [2.45, 2.75) is 9.79 Å². The molecule has 0 bridgehead atoms. The molecule has 0 saturated carbocycles. The highest BCUT2D eigenvalue weighted by Crippen LogP contribution is 2.38. The van der Waals surface area contributed by atoms with Crippen molar-refractivity contribution in [3.05, 3.63) is 108 Å². The number of para-hydroxylation sites is 2. The first-order chi connectivity index (χ1) is 30.0. The van der Waals surface area contributed by atoms with Crippen LogP contribution in [0.2, 0.25) is 0 Å². The Hall–Kier alpha value is -6.82. The molecule has 2 saturated heterocycles. The van der Waals surface area contributed by atoms with Gasteiger partial charge >= 0.3 is 0 Å². The molecule has 2 aliphatic heterocycles. The topological polar surface area (TPSA) is 259 Å². The number of hydrogen-bond acceptors (Lipinski definition) is 18. The Morgan fingerprint density at radius 3 is 1.45 bits per heavy atom. The quantitative estimate of drug-likeness (QED) is 0.0594. The molecule has 62 heavy (non-hydrogen) atoms. The second-order valence-corrected chi connectivity index (χ2v) is 16.5. The number of anilines is 10. The lowest BCUT2D eigenvalue weighted by Crippen LogP contribution is -2.37. The maximum atomic E-state index is 13.6. The Kier molecular flexibility index (Phi) is 12.5. The van der Waals surface area contributed by atoms with Gasteiger partial charge in [-0.05, 0) is 47.5 Å². The summed E-state index contributed by atoms with van der Waals surface area (Å²) in [5, 5.41) is 12.5. The summed E-state index contributed by atoms with van der Waals surface area (Å²) in [5.41, 5.74) is 1.17. The number of benzene rings is 4. The van der Waals surface area contributed by atoms with Crippen molar-refractivity contribution < 1.29 is 35.4 Å². The summed E-state index contributed by atoms with van der Waals surface area (Å²) >= 11 is 0. The van der Waals surface area contributed by atoms with E-state index in [0.717, 1.165) is 0 Å². The maximum Gasteiger partial charge on any atom is 0.297 e. The number of morpholine rings is 2. The summed E-state index contributed by atoms with van der Waals surface area (Å²) in [7, 11) is -9.79. The molecule has 6 aromatic rings. The molecule has 0 spiro atoms. The molecule has 2 fully saturated rings. The van der Waals surface area contributed by atoms with Crippen LogP contribution in [-0.2, 0) is 29.7 Å². The number of nitrogens with one attached hydrogen (secondary N) is 4. The molecule has 2 aromatic heterocycles. The normalized spacial score (nSPS) is 14.7. The highest BCUT2D eigenvalue weighted by atomic mass is 32.2. The zero-order chi connectivity index (χ0) is 43.1. The number of rotatable bonds is 14. The summed E-state index contributed by atoms with van der Waals surface area (Å²) in [6.07, 6.45) is 2.59. The van der Waals surface area contributed by atoms with Crippen LogP contribution in [0.1, 0.15) is 11.1 Å². The Bertz CT molecular complexity index is 2790. The molecule has 0 atom stereocenters. The first-order valence-electron chi connectivity index (χ1n) is 19.2. The average Bonchev–Trinajstić information content (AvgIpc) is 3.27. The summed E-state index contributed by atoms with van der Waals surface area (Å²) in [4.78, 5) is 30.7. The van der Waals surface area contributed by atoms with Gasteiger partial charge in [0.2, 0.25) is 35.7 Å². The van der Waals surface area contributed by atoms with Gasteiger partial charge in [0.05, 0.1) is 37.8 Å². The van der Waals surface area contributed by atoms with Crippen LogP contribution in [0.5, 0.6) is 0 Å². The van der Waals surface area contributed by atoms with Gasteiger partial charge in [-0.25, -0.2) is 0 Å². The third kappa shape index (κ3) is 10.4. The van der Waals surface area contributed by atoms with Crippen molar-refractivity contribution in [2.24, 2.45) is 0 Å². The number of ether oxygens (including phenoxy) is 2. The molecule has 8 rings (SSSR count). The zero-order valence-corrected chi connectivity index (χ0v) is 34.4. The van der Waals surface area contributed by atoms with E-state index in [2.05, 4.69) is 46.2 Å². The molecule has 0 aliphatic carbocycles. The Morgan fingerprint density at radius 1 is 0.500 bits per heavy atom. The standard InChI is InChI=1S/C40H40N12O8S2/c53-61(54,55)32-14-8-7-9-27(32)15-16-28-17-18-31(43-37-45-35(41-29-10-3-1-4-11-29)47-39(49-37)51-19-23-59-24-20-51)33(34(28)62(56,57)58)44-38-46-36(42-30-12-5-2-6-13-30)48-40(50-38)52-21-25-60-26-22-52/h1-18H,19-26H2,(H,53,54,55)(H,56,57,58)(H2,41,43,45,47,49)(H2,42,44,46,48,50).